The minimum atomic E-state index is -0.0164. The van der Waals surface area contributed by atoms with Crippen molar-refractivity contribution in [3.63, 3.8) is 0 Å². The molecular formula is C20H18ClN3O2. The van der Waals surface area contributed by atoms with Gasteiger partial charge in [0.2, 0.25) is 17.7 Å². The zero-order valence-corrected chi connectivity index (χ0v) is 14.9. The van der Waals surface area contributed by atoms with Crippen LogP contribution in [0.2, 0.25) is 5.02 Å². The minimum Gasteiger partial charge on any atom is -0.421 e. The van der Waals surface area contributed by atoms with Crippen LogP contribution in [0.5, 0.6) is 0 Å². The molecule has 0 fully saturated rings. The first-order valence-corrected chi connectivity index (χ1v) is 9.02. The summed E-state index contributed by atoms with van der Waals surface area (Å²) in [5.74, 6) is 0.928. The summed E-state index contributed by atoms with van der Waals surface area (Å²) in [7, 11) is 0. The third kappa shape index (κ3) is 3.63. The Morgan fingerprint density at radius 3 is 2.88 bits per heavy atom. The van der Waals surface area contributed by atoms with Crippen molar-refractivity contribution in [1.82, 2.24) is 15.5 Å². The van der Waals surface area contributed by atoms with Gasteiger partial charge in [-0.15, -0.1) is 10.2 Å². The van der Waals surface area contributed by atoms with Gasteiger partial charge in [-0.25, -0.2) is 0 Å². The summed E-state index contributed by atoms with van der Waals surface area (Å²) in [6.45, 7) is 0. The highest BCUT2D eigenvalue weighted by Gasteiger charge is 2.24. The zero-order valence-electron chi connectivity index (χ0n) is 14.1. The smallest absolute Gasteiger partial charge is 0.247 e. The van der Waals surface area contributed by atoms with E-state index in [-0.39, 0.29) is 11.9 Å². The van der Waals surface area contributed by atoms with E-state index in [1.165, 1.54) is 5.56 Å². The van der Waals surface area contributed by atoms with Crippen LogP contribution in [-0.4, -0.2) is 16.1 Å². The van der Waals surface area contributed by atoms with E-state index in [1.54, 1.807) is 0 Å². The summed E-state index contributed by atoms with van der Waals surface area (Å²) >= 11 is 6.03. The molecule has 0 bridgehead atoms. The van der Waals surface area contributed by atoms with Crippen LogP contribution in [0.3, 0.4) is 0 Å². The summed E-state index contributed by atoms with van der Waals surface area (Å²) in [6, 6.07) is 15.5. The summed E-state index contributed by atoms with van der Waals surface area (Å²) in [4.78, 5) is 12.3. The molecule has 0 radical (unpaired) electrons. The van der Waals surface area contributed by atoms with Crippen LogP contribution in [-0.2, 0) is 17.6 Å². The van der Waals surface area contributed by atoms with Gasteiger partial charge >= 0.3 is 0 Å². The van der Waals surface area contributed by atoms with Crippen molar-refractivity contribution in [1.29, 1.82) is 0 Å². The molecular weight excluding hydrogens is 350 g/mol. The van der Waals surface area contributed by atoms with Crippen molar-refractivity contribution in [2.45, 2.75) is 31.7 Å². The number of aryl methyl sites for hydroxylation is 2. The first-order chi connectivity index (χ1) is 12.7. The normalized spacial score (nSPS) is 15.7. The lowest BCUT2D eigenvalue weighted by Crippen LogP contribution is -2.27. The fourth-order valence-corrected chi connectivity index (χ4v) is 3.47. The Morgan fingerprint density at radius 1 is 1.19 bits per heavy atom. The van der Waals surface area contributed by atoms with Crippen molar-refractivity contribution in [2.75, 3.05) is 0 Å². The molecule has 0 aliphatic heterocycles. The molecule has 4 rings (SSSR count). The van der Waals surface area contributed by atoms with Crippen LogP contribution in [0.15, 0.2) is 52.9 Å². The van der Waals surface area contributed by atoms with Gasteiger partial charge in [-0.05, 0) is 48.2 Å². The quantitative estimate of drug-likeness (QED) is 0.736. The number of hydrogen-bond acceptors (Lipinski definition) is 4. The van der Waals surface area contributed by atoms with Crippen molar-refractivity contribution < 1.29 is 9.21 Å². The number of nitrogens with zero attached hydrogens (tertiary/aromatic N) is 2. The van der Waals surface area contributed by atoms with E-state index in [0.717, 1.165) is 29.0 Å². The van der Waals surface area contributed by atoms with Crippen molar-refractivity contribution >= 4 is 17.5 Å². The summed E-state index contributed by atoms with van der Waals surface area (Å²) in [5.41, 5.74) is 3.25. The molecule has 6 heteroatoms. The van der Waals surface area contributed by atoms with Gasteiger partial charge in [-0.2, -0.15) is 0 Å². The molecule has 1 aromatic heterocycles. The Labute approximate surface area is 156 Å². The van der Waals surface area contributed by atoms with E-state index < -0.39 is 0 Å². The maximum atomic E-state index is 12.3. The minimum absolute atomic E-state index is 0.0164. The van der Waals surface area contributed by atoms with E-state index >= 15 is 0 Å². The van der Waals surface area contributed by atoms with Crippen LogP contribution in [0.25, 0.3) is 11.5 Å². The monoisotopic (exact) mass is 367 g/mol. The third-order valence-corrected chi connectivity index (χ3v) is 4.81. The number of amides is 1. The van der Waals surface area contributed by atoms with Gasteiger partial charge in [-0.3, -0.25) is 4.79 Å². The van der Waals surface area contributed by atoms with Crippen molar-refractivity contribution in [2.24, 2.45) is 0 Å². The Morgan fingerprint density at radius 2 is 2.04 bits per heavy atom. The number of hydrogen-bond donors (Lipinski definition) is 1. The predicted octanol–water partition coefficient (Wildman–Crippen LogP) is 4.13. The molecule has 1 amide bonds. The number of carbonyl (C=O) groups excluding carboxylic acids is 1. The van der Waals surface area contributed by atoms with Crippen molar-refractivity contribution in [3.8, 4) is 11.5 Å². The zero-order chi connectivity index (χ0) is 17.9. The van der Waals surface area contributed by atoms with Gasteiger partial charge < -0.3 is 9.73 Å². The number of nitrogens with one attached hydrogen (secondary N) is 1. The molecule has 0 saturated carbocycles. The van der Waals surface area contributed by atoms with Crippen LogP contribution < -0.4 is 5.32 Å². The molecule has 1 heterocycles. The molecule has 1 atom stereocenters. The maximum absolute atomic E-state index is 12.3. The van der Waals surface area contributed by atoms with Gasteiger partial charge in [0.25, 0.3) is 0 Å². The van der Waals surface area contributed by atoms with Crippen molar-refractivity contribution in [3.05, 3.63) is 70.6 Å². The molecule has 1 aliphatic carbocycles. The summed E-state index contributed by atoms with van der Waals surface area (Å²) in [5, 5.41) is 11.9. The van der Waals surface area contributed by atoms with Crippen LogP contribution in [0, 0.1) is 0 Å². The first kappa shape index (κ1) is 16.8. The highest BCUT2D eigenvalue weighted by Crippen LogP contribution is 2.32. The molecule has 1 unspecified atom stereocenters. The topological polar surface area (TPSA) is 68.0 Å². The van der Waals surface area contributed by atoms with Gasteiger partial charge in [0.1, 0.15) is 0 Å². The van der Waals surface area contributed by atoms with E-state index in [0.29, 0.717) is 24.6 Å². The number of carbonyl (C=O) groups is 1. The first-order valence-electron chi connectivity index (χ1n) is 8.64. The lowest BCUT2D eigenvalue weighted by Gasteiger charge is -2.13. The fourth-order valence-electron chi connectivity index (χ4n) is 3.28. The second kappa shape index (κ2) is 7.30. The summed E-state index contributed by atoms with van der Waals surface area (Å²) in [6.07, 6.45) is 2.58. The lowest BCUT2D eigenvalue weighted by atomic mass is 10.1. The Hall–Kier alpha value is -2.66. The Balaban J connectivity index is 1.34. The molecule has 1 N–H and O–H groups in total. The highest BCUT2D eigenvalue weighted by molar-refractivity contribution is 6.30. The average molecular weight is 368 g/mol. The van der Waals surface area contributed by atoms with Crippen LogP contribution in [0.4, 0.5) is 0 Å². The maximum Gasteiger partial charge on any atom is 0.247 e. The van der Waals surface area contributed by atoms with E-state index in [4.69, 9.17) is 16.0 Å². The van der Waals surface area contributed by atoms with Crippen LogP contribution >= 0.6 is 11.6 Å². The largest absolute Gasteiger partial charge is 0.421 e. The predicted molar refractivity (Wildman–Crippen MR) is 98.7 cm³/mol. The number of halogens is 1. The standard InChI is InChI=1S/C20H18ClN3O2/c21-15-7-8-16-14(12-15)6-9-17(16)22-18(25)10-11-19-23-24-20(26-19)13-4-2-1-3-5-13/h1-5,7-8,12,17H,6,9-11H2,(H,22,25). The molecule has 0 spiro atoms. The molecule has 132 valence electrons. The molecule has 0 saturated heterocycles. The second-order valence-electron chi connectivity index (χ2n) is 6.37. The van der Waals surface area contributed by atoms with E-state index in [9.17, 15) is 4.79 Å². The second-order valence-corrected chi connectivity index (χ2v) is 6.81. The third-order valence-electron chi connectivity index (χ3n) is 4.57. The lowest BCUT2D eigenvalue weighted by molar-refractivity contribution is -0.121. The number of fused-ring (bicyclic) bond motifs is 1. The molecule has 3 aromatic rings. The van der Waals surface area contributed by atoms with Gasteiger partial charge in [0.15, 0.2) is 0 Å². The van der Waals surface area contributed by atoms with E-state index in [1.807, 2.05) is 48.5 Å². The highest BCUT2D eigenvalue weighted by atomic mass is 35.5. The Bertz CT molecular complexity index is 924. The fraction of sp³-hybridized carbons (Fsp3) is 0.250. The van der Waals surface area contributed by atoms with Crippen LogP contribution in [0.1, 0.15) is 35.9 Å². The molecule has 26 heavy (non-hydrogen) atoms. The molecule has 1 aliphatic rings. The Kier molecular flexibility index (Phi) is 4.71. The average Bonchev–Trinajstić information content (AvgIpc) is 3.28. The summed E-state index contributed by atoms with van der Waals surface area (Å²) < 4.78 is 5.64. The molecule has 2 aromatic carbocycles. The van der Waals surface area contributed by atoms with Gasteiger partial charge in [0, 0.05) is 23.4 Å². The number of rotatable bonds is 5. The molecule has 5 nitrogen and oxygen atoms in total. The van der Waals surface area contributed by atoms with Gasteiger partial charge in [-0.1, -0.05) is 35.9 Å². The van der Waals surface area contributed by atoms with Gasteiger partial charge in [0.05, 0.1) is 6.04 Å². The number of benzene rings is 2. The van der Waals surface area contributed by atoms with E-state index in [2.05, 4.69) is 15.5 Å². The number of aromatic nitrogens is 2. The SMILES string of the molecule is O=C(CCc1nnc(-c2ccccc2)o1)NC1CCc2cc(Cl)ccc21.